The molecule has 8 heteroatoms. The number of methoxy groups -OCH3 is 1. The van der Waals surface area contributed by atoms with Crippen molar-refractivity contribution in [2.24, 2.45) is 0 Å². The number of rotatable bonds is 6. The molecule has 7 nitrogen and oxygen atoms in total. The number of hydrogen-bond acceptors (Lipinski definition) is 4. The fraction of sp³-hybridized carbons (Fsp3) is 0.250. The molecule has 1 aliphatic rings. The molecule has 0 aliphatic carbocycles. The van der Waals surface area contributed by atoms with Crippen molar-refractivity contribution in [3.8, 4) is 5.75 Å². The molecule has 1 heterocycles. The Morgan fingerprint density at radius 3 is 2.57 bits per heavy atom. The number of ether oxygens (including phenoxy) is 1. The maximum atomic E-state index is 13.2. The van der Waals surface area contributed by atoms with Gasteiger partial charge in [0.25, 0.3) is 5.91 Å². The molecule has 0 bridgehead atoms. The molecule has 3 rings (SSSR count). The lowest BCUT2D eigenvalue weighted by Gasteiger charge is -2.25. The molecule has 1 fully saturated rings. The second-order valence-electron chi connectivity index (χ2n) is 6.37. The van der Waals surface area contributed by atoms with E-state index in [-0.39, 0.29) is 6.42 Å². The Balaban J connectivity index is 1.77. The number of imide groups is 1. The summed E-state index contributed by atoms with van der Waals surface area (Å²) in [4.78, 5) is 38.6. The minimum atomic E-state index is -1.32. The fourth-order valence-electron chi connectivity index (χ4n) is 3.19. The Labute approximate surface area is 161 Å². The normalized spacial score (nSPS) is 18.8. The monoisotopic (exact) mass is 385 g/mol. The van der Waals surface area contributed by atoms with E-state index in [1.165, 1.54) is 31.4 Å². The van der Waals surface area contributed by atoms with Crippen LogP contribution in [0.25, 0.3) is 0 Å². The smallest absolute Gasteiger partial charge is 0.325 e. The summed E-state index contributed by atoms with van der Waals surface area (Å²) in [5.74, 6) is -0.953. The van der Waals surface area contributed by atoms with Gasteiger partial charge in [-0.05, 0) is 36.2 Å². The molecule has 2 aromatic rings. The summed E-state index contributed by atoms with van der Waals surface area (Å²) in [6.45, 7) is 1.30. The van der Waals surface area contributed by atoms with Crippen LogP contribution in [0.1, 0.15) is 18.9 Å². The van der Waals surface area contributed by atoms with Gasteiger partial charge >= 0.3 is 6.03 Å². The Hall–Kier alpha value is -3.42. The van der Waals surface area contributed by atoms with Gasteiger partial charge < -0.3 is 15.4 Å². The average Bonchev–Trinajstić information content (AvgIpc) is 2.93. The van der Waals surface area contributed by atoms with Crippen molar-refractivity contribution in [3.63, 3.8) is 0 Å². The fourth-order valence-corrected chi connectivity index (χ4v) is 3.19. The van der Waals surface area contributed by atoms with Crippen molar-refractivity contribution in [1.82, 2.24) is 10.2 Å². The first kappa shape index (κ1) is 19.3. The molecule has 1 saturated heterocycles. The van der Waals surface area contributed by atoms with Crippen molar-refractivity contribution in [2.75, 3.05) is 19.0 Å². The second-order valence-corrected chi connectivity index (χ2v) is 6.37. The summed E-state index contributed by atoms with van der Waals surface area (Å²) in [5.41, 5.74) is -0.372. The van der Waals surface area contributed by atoms with Gasteiger partial charge in [0.05, 0.1) is 7.11 Å². The lowest BCUT2D eigenvalue weighted by Crippen LogP contribution is -2.44. The third-order valence-corrected chi connectivity index (χ3v) is 4.70. The number of benzene rings is 2. The lowest BCUT2D eigenvalue weighted by atomic mass is 9.87. The number of amides is 4. The van der Waals surface area contributed by atoms with Crippen LogP contribution in [0.4, 0.5) is 14.9 Å². The molecule has 1 atom stereocenters. The minimum absolute atomic E-state index is 0.261. The first-order valence-corrected chi connectivity index (χ1v) is 8.73. The van der Waals surface area contributed by atoms with Crippen LogP contribution in [-0.2, 0) is 15.1 Å². The topological polar surface area (TPSA) is 87.7 Å². The van der Waals surface area contributed by atoms with Crippen molar-refractivity contribution < 1.29 is 23.5 Å². The van der Waals surface area contributed by atoms with Gasteiger partial charge in [-0.15, -0.1) is 0 Å². The standard InChI is InChI=1S/C20H20FN3O4/c1-3-20(13-7-9-14(21)10-8-13)18(26)24(19(27)23-20)12-17(25)22-15-5-4-6-16(11-15)28-2/h4-11H,3,12H2,1-2H3,(H,22,25)(H,23,27). The number of carbonyl (C=O) groups excluding carboxylic acids is 3. The molecular weight excluding hydrogens is 365 g/mol. The Morgan fingerprint density at radius 1 is 1.21 bits per heavy atom. The van der Waals surface area contributed by atoms with Crippen molar-refractivity contribution in [1.29, 1.82) is 0 Å². The zero-order chi connectivity index (χ0) is 20.3. The third kappa shape index (κ3) is 3.53. The Kier molecular flexibility index (Phi) is 5.30. The Bertz CT molecular complexity index is 916. The lowest BCUT2D eigenvalue weighted by molar-refractivity contribution is -0.134. The summed E-state index contributed by atoms with van der Waals surface area (Å²) in [6.07, 6.45) is 0.261. The number of hydrogen-bond donors (Lipinski definition) is 2. The van der Waals surface area contributed by atoms with Crippen LogP contribution in [0.5, 0.6) is 5.75 Å². The predicted molar refractivity (Wildman–Crippen MR) is 100 cm³/mol. The number of halogens is 1. The van der Waals surface area contributed by atoms with Crippen LogP contribution >= 0.6 is 0 Å². The average molecular weight is 385 g/mol. The highest BCUT2D eigenvalue weighted by atomic mass is 19.1. The van der Waals surface area contributed by atoms with Crippen LogP contribution in [0.15, 0.2) is 48.5 Å². The van der Waals surface area contributed by atoms with Crippen LogP contribution in [0.3, 0.4) is 0 Å². The van der Waals surface area contributed by atoms with Crippen molar-refractivity contribution >= 4 is 23.5 Å². The van der Waals surface area contributed by atoms with E-state index in [1.54, 1.807) is 31.2 Å². The number of carbonyl (C=O) groups is 3. The van der Waals surface area contributed by atoms with E-state index in [4.69, 9.17) is 4.74 Å². The molecule has 146 valence electrons. The van der Waals surface area contributed by atoms with Gasteiger partial charge in [0.2, 0.25) is 5.91 Å². The summed E-state index contributed by atoms with van der Waals surface area (Å²) in [6, 6.07) is 11.4. The van der Waals surface area contributed by atoms with Gasteiger partial charge in [0, 0.05) is 11.8 Å². The SMILES string of the molecule is CCC1(c2ccc(F)cc2)NC(=O)N(CC(=O)Nc2cccc(OC)c2)C1=O. The molecule has 0 saturated carbocycles. The van der Waals surface area contributed by atoms with Gasteiger partial charge in [-0.1, -0.05) is 25.1 Å². The van der Waals surface area contributed by atoms with Crippen LogP contribution in [-0.4, -0.2) is 36.4 Å². The first-order chi connectivity index (χ1) is 13.4. The maximum Gasteiger partial charge on any atom is 0.325 e. The molecule has 28 heavy (non-hydrogen) atoms. The number of nitrogens with one attached hydrogen (secondary N) is 2. The third-order valence-electron chi connectivity index (χ3n) is 4.70. The molecule has 4 amide bonds. The van der Waals surface area contributed by atoms with E-state index in [0.717, 1.165) is 4.90 Å². The number of anilines is 1. The van der Waals surface area contributed by atoms with E-state index in [0.29, 0.717) is 17.0 Å². The zero-order valence-corrected chi connectivity index (χ0v) is 15.5. The quantitative estimate of drug-likeness (QED) is 0.749. The molecule has 0 spiro atoms. The zero-order valence-electron chi connectivity index (χ0n) is 15.5. The van der Waals surface area contributed by atoms with E-state index < -0.39 is 35.7 Å². The Morgan fingerprint density at radius 2 is 1.93 bits per heavy atom. The van der Waals surface area contributed by atoms with Gasteiger partial charge in [-0.3, -0.25) is 14.5 Å². The molecular formula is C20H20FN3O4. The van der Waals surface area contributed by atoms with Gasteiger partial charge in [-0.25, -0.2) is 9.18 Å². The van der Waals surface area contributed by atoms with E-state index in [1.807, 2.05) is 0 Å². The largest absolute Gasteiger partial charge is 0.497 e. The van der Waals surface area contributed by atoms with Crippen molar-refractivity contribution in [3.05, 3.63) is 59.9 Å². The molecule has 0 radical (unpaired) electrons. The highest BCUT2D eigenvalue weighted by Crippen LogP contribution is 2.32. The second kappa shape index (κ2) is 7.67. The summed E-state index contributed by atoms with van der Waals surface area (Å²) in [7, 11) is 1.51. The summed E-state index contributed by atoms with van der Waals surface area (Å²) < 4.78 is 18.3. The minimum Gasteiger partial charge on any atom is -0.497 e. The van der Waals surface area contributed by atoms with E-state index in [9.17, 15) is 18.8 Å². The number of urea groups is 1. The summed E-state index contributed by atoms with van der Waals surface area (Å²) >= 11 is 0. The highest BCUT2D eigenvalue weighted by molar-refractivity contribution is 6.10. The van der Waals surface area contributed by atoms with Gasteiger partial charge in [0.15, 0.2) is 0 Å². The molecule has 2 aromatic carbocycles. The molecule has 2 N–H and O–H groups in total. The molecule has 1 unspecified atom stereocenters. The first-order valence-electron chi connectivity index (χ1n) is 8.73. The van der Waals surface area contributed by atoms with Gasteiger partial charge in [0.1, 0.15) is 23.7 Å². The summed E-state index contributed by atoms with van der Waals surface area (Å²) in [5, 5.41) is 5.29. The maximum absolute atomic E-state index is 13.2. The van der Waals surface area contributed by atoms with Crippen LogP contribution in [0.2, 0.25) is 0 Å². The predicted octanol–water partition coefficient (Wildman–Crippen LogP) is 2.63. The molecule has 1 aliphatic heterocycles. The van der Waals surface area contributed by atoms with Crippen LogP contribution in [0, 0.1) is 5.82 Å². The van der Waals surface area contributed by atoms with E-state index in [2.05, 4.69) is 10.6 Å². The van der Waals surface area contributed by atoms with Gasteiger partial charge in [-0.2, -0.15) is 0 Å². The molecule has 0 aromatic heterocycles. The van der Waals surface area contributed by atoms with Crippen molar-refractivity contribution in [2.45, 2.75) is 18.9 Å². The highest BCUT2D eigenvalue weighted by Gasteiger charge is 2.51. The number of nitrogens with zero attached hydrogens (tertiary/aromatic N) is 1. The van der Waals surface area contributed by atoms with Crippen LogP contribution < -0.4 is 15.4 Å². The van der Waals surface area contributed by atoms with E-state index >= 15 is 0 Å².